The lowest BCUT2D eigenvalue weighted by Gasteiger charge is -2.11. The number of fused-ring (bicyclic) bond motifs is 1. The van der Waals surface area contributed by atoms with Crippen LogP contribution in [-0.4, -0.2) is 25.9 Å². The number of carbonyl (C=O) groups is 1. The van der Waals surface area contributed by atoms with Gasteiger partial charge < -0.3 is 10.1 Å². The molecule has 0 atom stereocenters. The molecule has 1 heterocycles. The first kappa shape index (κ1) is 21.3. The van der Waals surface area contributed by atoms with E-state index in [0.717, 1.165) is 11.1 Å². The van der Waals surface area contributed by atoms with Crippen LogP contribution in [0.1, 0.15) is 17.3 Å². The molecule has 0 fully saturated rings. The maximum atomic E-state index is 12.9. The molecule has 162 valence electrons. The quantitative estimate of drug-likeness (QED) is 0.428. The monoisotopic (exact) mass is 447 g/mol. The number of nitrogens with zero attached hydrogens (tertiary/aromatic N) is 1. The molecule has 0 radical (unpaired) electrons. The third kappa shape index (κ3) is 4.70. The zero-order valence-electron chi connectivity index (χ0n) is 17.3. The fourth-order valence-corrected chi connectivity index (χ4v) is 4.44. The molecule has 1 amide bonds. The van der Waals surface area contributed by atoms with Gasteiger partial charge >= 0.3 is 0 Å². The Morgan fingerprint density at radius 3 is 2.31 bits per heavy atom. The highest BCUT2D eigenvalue weighted by Gasteiger charge is 2.18. The number of carbonyl (C=O) groups excluding carboxylic acids is 1. The topological polar surface area (TPSA) is 97.4 Å². The lowest BCUT2D eigenvalue weighted by atomic mass is 10.2. The van der Waals surface area contributed by atoms with Gasteiger partial charge in [0, 0.05) is 28.5 Å². The third-order valence-corrected chi connectivity index (χ3v) is 6.12. The lowest BCUT2D eigenvalue weighted by Crippen LogP contribution is -2.15. The van der Waals surface area contributed by atoms with Crippen molar-refractivity contribution in [3.63, 3.8) is 0 Å². The predicted octanol–water partition coefficient (Wildman–Crippen LogP) is 4.69. The minimum atomic E-state index is -3.86. The smallest absolute Gasteiger partial charge is 0.264 e. The summed E-state index contributed by atoms with van der Waals surface area (Å²) in [5, 5.41) is 3.53. The Hall–Kier alpha value is -3.91. The van der Waals surface area contributed by atoms with Crippen molar-refractivity contribution in [1.29, 1.82) is 0 Å². The summed E-state index contributed by atoms with van der Waals surface area (Å²) in [6, 6.07) is 21.8. The molecular weight excluding hydrogens is 426 g/mol. The molecule has 7 nitrogen and oxygen atoms in total. The zero-order valence-corrected chi connectivity index (χ0v) is 18.1. The Balaban J connectivity index is 1.48. The van der Waals surface area contributed by atoms with E-state index in [2.05, 4.69) is 15.0 Å². The number of hydrogen-bond donors (Lipinski definition) is 2. The van der Waals surface area contributed by atoms with E-state index in [1.54, 1.807) is 79.0 Å². The van der Waals surface area contributed by atoms with Crippen molar-refractivity contribution < 1.29 is 17.9 Å². The summed E-state index contributed by atoms with van der Waals surface area (Å²) >= 11 is 0. The van der Waals surface area contributed by atoms with Crippen molar-refractivity contribution in [2.45, 2.75) is 11.8 Å². The molecule has 0 aliphatic heterocycles. The van der Waals surface area contributed by atoms with Gasteiger partial charge in [0.05, 0.1) is 12.1 Å². The molecule has 1 aromatic heterocycles. The number of benzene rings is 3. The Labute approximate surface area is 186 Å². The highest BCUT2D eigenvalue weighted by atomic mass is 32.2. The summed E-state index contributed by atoms with van der Waals surface area (Å²) in [6.07, 6.45) is 1.55. The number of hydrogen-bond acceptors (Lipinski definition) is 5. The Bertz CT molecular complexity index is 1350. The minimum Gasteiger partial charge on any atom is -0.494 e. The first-order valence-electron chi connectivity index (χ1n) is 9.97. The summed E-state index contributed by atoms with van der Waals surface area (Å²) in [7, 11) is -3.86. The average molecular weight is 448 g/mol. The molecule has 0 aliphatic carbocycles. The number of sulfonamides is 1. The molecule has 0 saturated heterocycles. The van der Waals surface area contributed by atoms with Crippen LogP contribution >= 0.6 is 0 Å². The molecule has 4 aromatic rings. The van der Waals surface area contributed by atoms with Crippen LogP contribution < -0.4 is 14.8 Å². The third-order valence-electron chi connectivity index (χ3n) is 4.71. The number of amides is 1. The normalized spacial score (nSPS) is 11.2. The van der Waals surface area contributed by atoms with E-state index in [-0.39, 0.29) is 10.8 Å². The highest BCUT2D eigenvalue weighted by Crippen LogP contribution is 2.23. The molecule has 0 spiro atoms. The highest BCUT2D eigenvalue weighted by molar-refractivity contribution is 7.93. The van der Waals surface area contributed by atoms with E-state index in [4.69, 9.17) is 4.74 Å². The van der Waals surface area contributed by atoms with Gasteiger partial charge in [-0.25, -0.2) is 8.42 Å². The molecule has 0 bridgehead atoms. The van der Waals surface area contributed by atoms with Gasteiger partial charge in [-0.1, -0.05) is 18.2 Å². The molecule has 32 heavy (non-hydrogen) atoms. The summed E-state index contributed by atoms with van der Waals surface area (Å²) in [4.78, 5) is 16.8. The summed E-state index contributed by atoms with van der Waals surface area (Å²) < 4.78 is 33.8. The van der Waals surface area contributed by atoms with Gasteiger partial charge in [-0.2, -0.15) is 0 Å². The van der Waals surface area contributed by atoms with Crippen LogP contribution in [0.3, 0.4) is 0 Å². The van der Waals surface area contributed by atoms with Crippen LogP contribution in [-0.2, 0) is 10.0 Å². The average Bonchev–Trinajstić information content (AvgIpc) is 2.80. The van der Waals surface area contributed by atoms with E-state index >= 15 is 0 Å². The van der Waals surface area contributed by atoms with E-state index < -0.39 is 10.0 Å². The molecule has 4 rings (SSSR count). The van der Waals surface area contributed by atoms with Crippen LogP contribution in [0.4, 0.5) is 11.4 Å². The lowest BCUT2D eigenvalue weighted by molar-refractivity contribution is 0.102. The molecule has 0 aliphatic rings. The van der Waals surface area contributed by atoms with Crippen molar-refractivity contribution in [2.24, 2.45) is 0 Å². The van der Waals surface area contributed by atoms with E-state index in [9.17, 15) is 13.2 Å². The maximum absolute atomic E-state index is 12.9. The number of rotatable bonds is 7. The second-order valence-electron chi connectivity index (χ2n) is 6.93. The van der Waals surface area contributed by atoms with Crippen molar-refractivity contribution in [1.82, 2.24) is 4.98 Å². The Morgan fingerprint density at radius 2 is 1.59 bits per heavy atom. The number of ether oxygens (including phenoxy) is 1. The Morgan fingerprint density at radius 1 is 0.906 bits per heavy atom. The first-order chi connectivity index (χ1) is 15.5. The molecule has 3 aromatic carbocycles. The van der Waals surface area contributed by atoms with Crippen LogP contribution in [0.5, 0.6) is 5.75 Å². The van der Waals surface area contributed by atoms with Gasteiger partial charge in [-0.3, -0.25) is 14.5 Å². The zero-order chi connectivity index (χ0) is 22.6. The van der Waals surface area contributed by atoms with Gasteiger partial charge in [0.1, 0.15) is 10.6 Å². The number of anilines is 2. The van der Waals surface area contributed by atoms with E-state index in [1.165, 1.54) is 6.07 Å². The number of para-hydroxylation sites is 1. The fourth-order valence-electron chi connectivity index (χ4n) is 3.20. The van der Waals surface area contributed by atoms with E-state index in [1.807, 2.05) is 6.92 Å². The SMILES string of the molecule is CCOc1ccc(NC(=O)c2ccc(NS(=O)(=O)c3cccc4cccnc34)cc2)cc1. The second kappa shape index (κ2) is 9.07. The van der Waals surface area contributed by atoms with Crippen molar-refractivity contribution >= 4 is 38.2 Å². The minimum absolute atomic E-state index is 0.0907. The van der Waals surface area contributed by atoms with Crippen LogP contribution in [0.25, 0.3) is 10.9 Å². The Kier molecular flexibility index (Phi) is 6.04. The predicted molar refractivity (Wildman–Crippen MR) is 125 cm³/mol. The van der Waals surface area contributed by atoms with Crippen LogP contribution in [0.15, 0.2) is 90.0 Å². The number of aromatic nitrogens is 1. The van der Waals surface area contributed by atoms with Gasteiger partial charge in [0.25, 0.3) is 15.9 Å². The summed E-state index contributed by atoms with van der Waals surface area (Å²) in [5.41, 5.74) is 1.77. The van der Waals surface area contributed by atoms with Gasteiger partial charge in [0.2, 0.25) is 0 Å². The standard InChI is InChI=1S/C24H21N3O4S/c1-2-31-21-14-12-19(13-15-21)26-24(28)18-8-10-20(11-9-18)27-32(29,30)22-7-3-5-17-6-4-16-25-23(17)22/h3-16,27H,2H2,1H3,(H,26,28). The van der Waals surface area contributed by atoms with Crippen molar-refractivity contribution in [3.05, 3.63) is 90.6 Å². The molecular formula is C24H21N3O4S. The second-order valence-corrected chi connectivity index (χ2v) is 8.58. The van der Waals surface area contributed by atoms with Gasteiger partial charge in [-0.15, -0.1) is 0 Å². The van der Waals surface area contributed by atoms with Crippen molar-refractivity contribution in [2.75, 3.05) is 16.6 Å². The summed E-state index contributed by atoms with van der Waals surface area (Å²) in [6.45, 7) is 2.47. The fraction of sp³-hybridized carbons (Fsp3) is 0.0833. The number of pyridine rings is 1. The maximum Gasteiger partial charge on any atom is 0.264 e. The number of nitrogens with one attached hydrogen (secondary N) is 2. The van der Waals surface area contributed by atoms with E-state index in [0.29, 0.717) is 29.1 Å². The first-order valence-corrected chi connectivity index (χ1v) is 11.5. The summed E-state index contributed by atoms with van der Waals surface area (Å²) in [5.74, 6) is 0.422. The van der Waals surface area contributed by atoms with Gasteiger partial charge in [-0.05, 0) is 67.6 Å². The molecule has 0 unspecified atom stereocenters. The van der Waals surface area contributed by atoms with Crippen molar-refractivity contribution in [3.8, 4) is 5.75 Å². The van der Waals surface area contributed by atoms with Crippen LogP contribution in [0.2, 0.25) is 0 Å². The van der Waals surface area contributed by atoms with Gasteiger partial charge in [0.15, 0.2) is 0 Å². The molecule has 0 saturated carbocycles. The largest absolute Gasteiger partial charge is 0.494 e. The molecule has 8 heteroatoms. The van der Waals surface area contributed by atoms with Crippen LogP contribution in [0, 0.1) is 0 Å². The molecule has 2 N–H and O–H groups in total.